The molecule has 3 aromatic rings. The first-order valence-corrected chi connectivity index (χ1v) is 11.4. The van der Waals surface area contributed by atoms with Crippen LogP contribution in [0.3, 0.4) is 0 Å². The van der Waals surface area contributed by atoms with Crippen LogP contribution in [-0.4, -0.2) is 37.5 Å². The van der Waals surface area contributed by atoms with Crippen LogP contribution in [0, 0.1) is 0 Å². The molecule has 1 N–H and O–H groups in total. The summed E-state index contributed by atoms with van der Waals surface area (Å²) in [4.78, 5) is 11.6. The highest BCUT2D eigenvalue weighted by Crippen LogP contribution is 2.42. The maximum absolute atomic E-state index is 11.6. The first kappa shape index (κ1) is 24.2. The number of methoxy groups -OCH3 is 1. The van der Waals surface area contributed by atoms with Crippen molar-refractivity contribution in [1.82, 2.24) is 0 Å². The van der Waals surface area contributed by atoms with Crippen LogP contribution in [0.5, 0.6) is 23.0 Å². The molecule has 7 heteroatoms. The number of rotatable bonds is 9. The second-order valence-corrected chi connectivity index (χ2v) is 7.85. The SMILES string of the molecule is CCOC(=O)/C=C/c1ccc2c(c1)O[C@H](CO)[C@@H](c1ccc(OCc3ccccc3)c(OC)c1)O2. The summed E-state index contributed by atoms with van der Waals surface area (Å²) in [6.07, 6.45) is 1.81. The van der Waals surface area contributed by atoms with Gasteiger partial charge in [-0.3, -0.25) is 0 Å². The molecular formula is C28H28O7. The van der Waals surface area contributed by atoms with E-state index in [9.17, 15) is 9.90 Å². The molecule has 0 radical (unpaired) electrons. The Morgan fingerprint density at radius 3 is 2.57 bits per heavy atom. The molecule has 0 aromatic heterocycles. The van der Waals surface area contributed by atoms with Crippen LogP contribution in [-0.2, 0) is 16.1 Å². The van der Waals surface area contributed by atoms with E-state index in [0.29, 0.717) is 36.2 Å². The molecule has 1 aliphatic heterocycles. The van der Waals surface area contributed by atoms with Gasteiger partial charge in [-0.1, -0.05) is 42.5 Å². The summed E-state index contributed by atoms with van der Waals surface area (Å²) in [5, 5.41) is 10.0. The van der Waals surface area contributed by atoms with Gasteiger partial charge in [0.15, 0.2) is 35.2 Å². The Labute approximate surface area is 204 Å². The van der Waals surface area contributed by atoms with Crippen molar-refractivity contribution in [1.29, 1.82) is 0 Å². The van der Waals surface area contributed by atoms with Crippen molar-refractivity contribution < 1.29 is 33.6 Å². The number of ether oxygens (including phenoxy) is 5. The van der Waals surface area contributed by atoms with Crippen molar-refractivity contribution in [3.63, 3.8) is 0 Å². The molecule has 0 aliphatic carbocycles. The molecule has 0 fully saturated rings. The lowest BCUT2D eigenvalue weighted by molar-refractivity contribution is -0.137. The minimum absolute atomic E-state index is 0.248. The van der Waals surface area contributed by atoms with E-state index in [1.165, 1.54) is 6.08 Å². The Kier molecular flexibility index (Phi) is 7.90. The van der Waals surface area contributed by atoms with Gasteiger partial charge in [0.25, 0.3) is 0 Å². The van der Waals surface area contributed by atoms with E-state index in [1.54, 1.807) is 32.2 Å². The second kappa shape index (κ2) is 11.4. The summed E-state index contributed by atoms with van der Waals surface area (Å²) in [7, 11) is 1.58. The van der Waals surface area contributed by atoms with Crippen LogP contribution in [0.1, 0.15) is 29.7 Å². The fraction of sp³-hybridized carbons (Fsp3) is 0.250. The topological polar surface area (TPSA) is 83.5 Å². The number of aliphatic hydroxyl groups excluding tert-OH is 1. The van der Waals surface area contributed by atoms with E-state index in [-0.39, 0.29) is 6.61 Å². The number of fused-ring (bicyclic) bond motifs is 1. The van der Waals surface area contributed by atoms with E-state index in [0.717, 1.165) is 16.7 Å². The Morgan fingerprint density at radius 2 is 1.83 bits per heavy atom. The summed E-state index contributed by atoms with van der Waals surface area (Å²) in [5.74, 6) is 1.78. The molecule has 0 unspecified atom stereocenters. The number of carbonyl (C=O) groups excluding carboxylic acids is 1. The number of hydrogen-bond acceptors (Lipinski definition) is 7. The summed E-state index contributed by atoms with van der Waals surface area (Å²) in [6, 6.07) is 20.8. The molecule has 7 nitrogen and oxygen atoms in total. The molecule has 0 spiro atoms. The highest BCUT2D eigenvalue weighted by molar-refractivity contribution is 5.87. The molecule has 0 bridgehead atoms. The molecule has 1 heterocycles. The predicted molar refractivity (Wildman–Crippen MR) is 131 cm³/mol. The maximum atomic E-state index is 11.6. The first-order chi connectivity index (χ1) is 17.1. The van der Waals surface area contributed by atoms with Gasteiger partial charge in [-0.25, -0.2) is 4.79 Å². The zero-order valence-electron chi connectivity index (χ0n) is 19.7. The molecular weight excluding hydrogens is 448 g/mol. The third kappa shape index (κ3) is 5.94. The number of esters is 1. The summed E-state index contributed by atoms with van der Waals surface area (Å²) >= 11 is 0. The van der Waals surface area contributed by atoms with E-state index < -0.39 is 18.2 Å². The molecule has 2 atom stereocenters. The minimum atomic E-state index is -0.632. The van der Waals surface area contributed by atoms with Gasteiger partial charge in [-0.15, -0.1) is 0 Å². The smallest absolute Gasteiger partial charge is 0.330 e. The maximum Gasteiger partial charge on any atom is 0.330 e. The quantitative estimate of drug-likeness (QED) is 0.353. The Hall–Kier alpha value is -3.97. The molecule has 0 amide bonds. The van der Waals surface area contributed by atoms with Crippen LogP contribution in [0.15, 0.2) is 72.8 Å². The van der Waals surface area contributed by atoms with Crippen LogP contribution >= 0.6 is 0 Å². The molecule has 0 saturated heterocycles. The Bertz CT molecular complexity index is 1170. The number of benzene rings is 3. The fourth-order valence-corrected chi connectivity index (χ4v) is 3.74. The van der Waals surface area contributed by atoms with Gasteiger partial charge >= 0.3 is 5.97 Å². The monoisotopic (exact) mass is 476 g/mol. The van der Waals surface area contributed by atoms with Crippen LogP contribution in [0.2, 0.25) is 0 Å². The van der Waals surface area contributed by atoms with Crippen LogP contribution in [0.25, 0.3) is 6.08 Å². The van der Waals surface area contributed by atoms with Crippen molar-refractivity contribution in [3.8, 4) is 23.0 Å². The molecule has 1 aliphatic rings. The summed E-state index contributed by atoms with van der Waals surface area (Å²) in [5.41, 5.74) is 2.58. The second-order valence-electron chi connectivity index (χ2n) is 7.85. The van der Waals surface area contributed by atoms with Crippen molar-refractivity contribution in [3.05, 3.63) is 89.5 Å². The largest absolute Gasteiger partial charge is 0.493 e. The number of hydrogen-bond donors (Lipinski definition) is 1. The number of carbonyl (C=O) groups is 1. The fourth-order valence-electron chi connectivity index (χ4n) is 3.74. The normalized spacial score (nSPS) is 16.7. The molecule has 182 valence electrons. The van der Waals surface area contributed by atoms with Gasteiger partial charge in [-0.2, -0.15) is 0 Å². The predicted octanol–water partition coefficient (Wildman–Crippen LogP) is 4.72. The molecule has 3 aromatic carbocycles. The van der Waals surface area contributed by atoms with Gasteiger partial charge in [0.1, 0.15) is 6.61 Å². The van der Waals surface area contributed by atoms with E-state index >= 15 is 0 Å². The van der Waals surface area contributed by atoms with E-state index in [2.05, 4.69) is 0 Å². The zero-order valence-corrected chi connectivity index (χ0v) is 19.7. The lowest BCUT2D eigenvalue weighted by Crippen LogP contribution is -2.36. The van der Waals surface area contributed by atoms with Crippen molar-refractivity contribution in [2.75, 3.05) is 20.3 Å². The third-order valence-electron chi connectivity index (χ3n) is 5.47. The van der Waals surface area contributed by atoms with Crippen molar-refractivity contribution >= 4 is 12.0 Å². The van der Waals surface area contributed by atoms with Crippen molar-refractivity contribution in [2.24, 2.45) is 0 Å². The highest BCUT2D eigenvalue weighted by atomic mass is 16.6. The van der Waals surface area contributed by atoms with Gasteiger partial charge in [0, 0.05) is 11.6 Å². The van der Waals surface area contributed by atoms with Gasteiger partial charge in [0.05, 0.1) is 20.3 Å². The zero-order chi connectivity index (χ0) is 24.6. The lowest BCUT2D eigenvalue weighted by atomic mass is 10.0. The average molecular weight is 477 g/mol. The number of aliphatic hydroxyl groups is 1. The highest BCUT2D eigenvalue weighted by Gasteiger charge is 2.33. The Morgan fingerprint density at radius 1 is 1.00 bits per heavy atom. The lowest BCUT2D eigenvalue weighted by Gasteiger charge is -2.33. The van der Waals surface area contributed by atoms with Crippen LogP contribution < -0.4 is 18.9 Å². The average Bonchev–Trinajstić information content (AvgIpc) is 2.90. The van der Waals surface area contributed by atoms with Gasteiger partial charge in [0.2, 0.25) is 0 Å². The summed E-state index contributed by atoms with van der Waals surface area (Å²) in [6.45, 7) is 2.23. The van der Waals surface area contributed by atoms with E-state index in [4.69, 9.17) is 23.7 Å². The molecule has 0 saturated carbocycles. The van der Waals surface area contributed by atoms with Gasteiger partial charge < -0.3 is 28.8 Å². The third-order valence-corrected chi connectivity index (χ3v) is 5.47. The van der Waals surface area contributed by atoms with Crippen molar-refractivity contribution in [2.45, 2.75) is 25.7 Å². The van der Waals surface area contributed by atoms with Gasteiger partial charge in [-0.05, 0) is 48.4 Å². The van der Waals surface area contributed by atoms with E-state index in [1.807, 2.05) is 54.6 Å². The molecule has 35 heavy (non-hydrogen) atoms. The minimum Gasteiger partial charge on any atom is -0.493 e. The Balaban J connectivity index is 1.51. The van der Waals surface area contributed by atoms with Crippen LogP contribution in [0.4, 0.5) is 0 Å². The summed E-state index contributed by atoms with van der Waals surface area (Å²) < 4.78 is 28.7. The standard InChI is InChI=1S/C28H28O7/c1-3-32-27(30)14-10-19-9-12-23-25(15-19)34-26(17-29)28(35-23)21-11-13-22(24(16-21)31-2)33-18-20-7-5-4-6-8-20/h4-16,26,28-29H,3,17-18H2,1-2H3/b14-10+/t26-,28-/m1/s1. The molecule has 4 rings (SSSR count). The first-order valence-electron chi connectivity index (χ1n) is 11.4.